The van der Waals surface area contributed by atoms with Gasteiger partial charge in [-0.05, 0) is 26.2 Å². The first-order chi connectivity index (χ1) is 8.13. The van der Waals surface area contributed by atoms with E-state index in [-0.39, 0.29) is 11.9 Å². The predicted molar refractivity (Wildman–Crippen MR) is 63.7 cm³/mol. The van der Waals surface area contributed by atoms with Gasteiger partial charge in [0.1, 0.15) is 0 Å². The highest BCUT2D eigenvalue weighted by Gasteiger charge is 2.29. The summed E-state index contributed by atoms with van der Waals surface area (Å²) in [6, 6.07) is 0.140. The van der Waals surface area contributed by atoms with Crippen LogP contribution < -0.4 is 5.73 Å². The Kier molecular flexibility index (Phi) is 3.47. The van der Waals surface area contributed by atoms with E-state index in [9.17, 15) is 4.79 Å². The number of carbonyl (C=O) groups excluding carboxylic acids is 1. The summed E-state index contributed by atoms with van der Waals surface area (Å²) in [7, 11) is 0. The van der Waals surface area contributed by atoms with Crippen molar-refractivity contribution in [3.63, 3.8) is 0 Å². The normalized spacial score (nSPS) is 20.6. The third-order valence-corrected chi connectivity index (χ3v) is 3.26. The second-order valence-electron chi connectivity index (χ2n) is 4.53. The molecule has 1 unspecified atom stereocenters. The van der Waals surface area contributed by atoms with E-state index in [1.807, 2.05) is 4.90 Å². The molecule has 2 N–H and O–H groups in total. The monoisotopic (exact) mass is 237 g/mol. The lowest BCUT2D eigenvalue weighted by Gasteiger charge is -2.34. The Balaban J connectivity index is 2.21. The highest BCUT2D eigenvalue weighted by atomic mass is 16.4. The van der Waals surface area contributed by atoms with Gasteiger partial charge >= 0.3 is 0 Å². The van der Waals surface area contributed by atoms with E-state index in [2.05, 4.69) is 4.98 Å². The maximum absolute atomic E-state index is 12.3. The van der Waals surface area contributed by atoms with Gasteiger partial charge in [-0.1, -0.05) is 0 Å². The molecule has 1 aliphatic rings. The van der Waals surface area contributed by atoms with Gasteiger partial charge in [-0.2, -0.15) is 0 Å². The van der Waals surface area contributed by atoms with E-state index in [1.54, 1.807) is 13.8 Å². The van der Waals surface area contributed by atoms with E-state index in [4.69, 9.17) is 10.2 Å². The summed E-state index contributed by atoms with van der Waals surface area (Å²) in [5, 5.41) is 0. The fraction of sp³-hybridized carbons (Fsp3) is 0.667. The number of hydrogen-bond acceptors (Lipinski definition) is 4. The molecule has 1 amide bonds. The number of rotatable bonds is 2. The molecular formula is C12H19N3O2. The van der Waals surface area contributed by atoms with Crippen molar-refractivity contribution in [2.45, 2.75) is 39.2 Å². The molecule has 1 aliphatic heterocycles. The Morgan fingerprint density at radius 2 is 2.29 bits per heavy atom. The van der Waals surface area contributed by atoms with Crippen LogP contribution in [0.5, 0.6) is 0 Å². The van der Waals surface area contributed by atoms with Gasteiger partial charge in [-0.3, -0.25) is 4.79 Å². The second kappa shape index (κ2) is 4.87. The second-order valence-corrected chi connectivity index (χ2v) is 4.53. The topological polar surface area (TPSA) is 72.4 Å². The van der Waals surface area contributed by atoms with Crippen LogP contribution in [0.1, 0.15) is 41.4 Å². The highest BCUT2D eigenvalue weighted by Crippen LogP contribution is 2.20. The zero-order chi connectivity index (χ0) is 12.4. The van der Waals surface area contributed by atoms with Crippen molar-refractivity contribution >= 4 is 5.91 Å². The van der Waals surface area contributed by atoms with E-state index >= 15 is 0 Å². The Morgan fingerprint density at radius 1 is 1.53 bits per heavy atom. The van der Waals surface area contributed by atoms with Crippen molar-refractivity contribution in [2.24, 2.45) is 5.73 Å². The van der Waals surface area contributed by atoms with Gasteiger partial charge in [0.2, 0.25) is 5.76 Å². The lowest BCUT2D eigenvalue weighted by molar-refractivity contribution is 0.0588. The van der Waals surface area contributed by atoms with Crippen LogP contribution in [-0.2, 0) is 0 Å². The molecule has 1 aromatic rings. The number of oxazole rings is 1. The minimum absolute atomic E-state index is 0.0711. The predicted octanol–water partition coefficient (Wildman–Crippen LogP) is 1.24. The maximum Gasteiger partial charge on any atom is 0.291 e. The van der Waals surface area contributed by atoms with E-state index in [0.717, 1.165) is 25.8 Å². The molecule has 0 bridgehead atoms. The maximum atomic E-state index is 12.3. The molecule has 0 aliphatic carbocycles. The molecule has 0 aromatic carbocycles. The van der Waals surface area contributed by atoms with E-state index in [0.29, 0.717) is 23.9 Å². The smallest absolute Gasteiger partial charge is 0.291 e. The van der Waals surface area contributed by atoms with Crippen molar-refractivity contribution in [1.82, 2.24) is 9.88 Å². The first-order valence-electron chi connectivity index (χ1n) is 6.08. The Bertz CT molecular complexity index is 414. The number of carbonyl (C=O) groups is 1. The number of likely N-dealkylation sites (tertiary alicyclic amines) is 1. The molecule has 1 fully saturated rings. The quantitative estimate of drug-likeness (QED) is 0.840. The third kappa shape index (κ3) is 2.34. The van der Waals surface area contributed by atoms with Crippen molar-refractivity contribution in [2.75, 3.05) is 13.1 Å². The van der Waals surface area contributed by atoms with Crippen LogP contribution in [0.3, 0.4) is 0 Å². The molecule has 94 valence electrons. The van der Waals surface area contributed by atoms with Crippen molar-refractivity contribution in [3.05, 3.63) is 17.3 Å². The fourth-order valence-corrected chi connectivity index (χ4v) is 2.37. The summed E-state index contributed by atoms with van der Waals surface area (Å²) in [5.74, 6) is 0.827. The molecule has 5 nitrogen and oxygen atoms in total. The van der Waals surface area contributed by atoms with Crippen molar-refractivity contribution in [3.8, 4) is 0 Å². The molecule has 0 spiro atoms. The van der Waals surface area contributed by atoms with Crippen molar-refractivity contribution in [1.29, 1.82) is 0 Å². The lowest BCUT2D eigenvalue weighted by Crippen LogP contribution is -2.47. The van der Waals surface area contributed by atoms with Crippen LogP contribution in [0.15, 0.2) is 4.42 Å². The van der Waals surface area contributed by atoms with Crippen LogP contribution in [0.2, 0.25) is 0 Å². The summed E-state index contributed by atoms with van der Waals surface area (Å²) < 4.78 is 5.38. The lowest BCUT2D eigenvalue weighted by atomic mass is 10.0. The van der Waals surface area contributed by atoms with Crippen LogP contribution >= 0.6 is 0 Å². The minimum Gasteiger partial charge on any atom is -0.436 e. The number of piperidine rings is 1. The number of aryl methyl sites for hydroxylation is 2. The van der Waals surface area contributed by atoms with Crippen molar-refractivity contribution < 1.29 is 9.21 Å². The van der Waals surface area contributed by atoms with E-state index < -0.39 is 0 Å². The number of hydrogen-bond donors (Lipinski definition) is 1. The number of amides is 1. The molecule has 1 saturated heterocycles. The van der Waals surface area contributed by atoms with Gasteiger partial charge in [-0.25, -0.2) is 4.98 Å². The van der Waals surface area contributed by atoms with Crippen LogP contribution in [-0.4, -0.2) is 34.9 Å². The summed E-state index contributed by atoms with van der Waals surface area (Å²) in [6.07, 6.45) is 3.16. The van der Waals surface area contributed by atoms with Gasteiger partial charge in [0.15, 0.2) is 5.89 Å². The largest absolute Gasteiger partial charge is 0.436 e. The van der Waals surface area contributed by atoms with Crippen LogP contribution in [0.4, 0.5) is 0 Å². The Hall–Kier alpha value is -1.36. The van der Waals surface area contributed by atoms with Crippen LogP contribution in [0.25, 0.3) is 0 Å². The molecule has 0 radical (unpaired) electrons. The van der Waals surface area contributed by atoms with E-state index in [1.165, 1.54) is 0 Å². The Morgan fingerprint density at radius 3 is 2.88 bits per heavy atom. The minimum atomic E-state index is -0.0711. The first kappa shape index (κ1) is 12.1. The molecule has 2 rings (SSSR count). The van der Waals surface area contributed by atoms with Gasteiger partial charge < -0.3 is 15.1 Å². The summed E-state index contributed by atoms with van der Waals surface area (Å²) in [4.78, 5) is 18.3. The molecule has 0 saturated carbocycles. The first-order valence-corrected chi connectivity index (χ1v) is 6.08. The average Bonchev–Trinajstić information content (AvgIpc) is 2.67. The van der Waals surface area contributed by atoms with Crippen LogP contribution in [0, 0.1) is 13.8 Å². The summed E-state index contributed by atoms with van der Waals surface area (Å²) in [5.41, 5.74) is 6.37. The third-order valence-electron chi connectivity index (χ3n) is 3.26. The zero-order valence-corrected chi connectivity index (χ0v) is 10.4. The number of aromatic nitrogens is 1. The molecule has 17 heavy (non-hydrogen) atoms. The number of nitrogens with zero attached hydrogens (tertiary/aromatic N) is 2. The Labute approximate surface area is 101 Å². The summed E-state index contributed by atoms with van der Waals surface area (Å²) >= 11 is 0. The SMILES string of the molecule is Cc1nc(C)c(C(=O)N2CCCCC2CN)o1. The standard InChI is InChI=1S/C12H19N3O2/c1-8-11(17-9(2)14-8)12(16)15-6-4-3-5-10(15)7-13/h10H,3-7,13H2,1-2H3. The number of nitrogens with two attached hydrogens (primary N) is 1. The molecule has 1 atom stereocenters. The average molecular weight is 237 g/mol. The van der Waals surface area contributed by atoms with Gasteiger partial charge in [0.25, 0.3) is 5.91 Å². The molecule has 2 heterocycles. The van der Waals surface area contributed by atoms with Gasteiger partial charge in [0.05, 0.1) is 5.69 Å². The van der Waals surface area contributed by atoms with Gasteiger partial charge in [-0.15, -0.1) is 0 Å². The zero-order valence-electron chi connectivity index (χ0n) is 10.4. The molecule has 5 heteroatoms. The fourth-order valence-electron chi connectivity index (χ4n) is 2.37. The summed E-state index contributed by atoms with van der Waals surface area (Å²) in [6.45, 7) is 4.82. The highest BCUT2D eigenvalue weighted by molar-refractivity contribution is 5.92. The molecular weight excluding hydrogens is 218 g/mol. The molecule has 1 aromatic heterocycles. The van der Waals surface area contributed by atoms with Gasteiger partial charge in [0, 0.05) is 26.1 Å².